The van der Waals surface area contributed by atoms with E-state index >= 15 is 0 Å². The van der Waals surface area contributed by atoms with Gasteiger partial charge in [0.25, 0.3) is 21.8 Å². The number of rotatable bonds is 14. The monoisotopic (exact) mass is 948 g/mol. The van der Waals surface area contributed by atoms with Gasteiger partial charge in [0, 0.05) is 54.5 Å². The maximum Gasteiger partial charge on any atom is 0.424 e. The number of amides is 7. The summed E-state index contributed by atoms with van der Waals surface area (Å²) >= 11 is 0. The van der Waals surface area contributed by atoms with Crippen LogP contribution in [-0.4, -0.2) is 89.0 Å². The van der Waals surface area contributed by atoms with Gasteiger partial charge < -0.3 is 30.3 Å². The Hall–Kier alpha value is -7.08. The van der Waals surface area contributed by atoms with E-state index in [0.29, 0.717) is 32.6 Å². The summed E-state index contributed by atoms with van der Waals surface area (Å²) in [6.45, 7) is 5.34. The van der Waals surface area contributed by atoms with Crippen LogP contribution in [0.1, 0.15) is 121 Å². The zero-order chi connectivity index (χ0) is 48.9. The molecule has 2 aliphatic heterocycles. The number of piperidine rings is 1. The number of phenols is 1. The molecule has 0 spiro atoms. The second-order valence-corrected chi connectivity index (χ2v) is 20.2. The van der Waals surface area contributed by atoms with Gasteiger partial charge in [0.15, 0.2) is 0 Å². The van der Waals surface area contributed by atoms with Crippen LogP contribution in [0.4, 0.5) is 16.2 Å². The Bertz CT molecular complexity index is 2730. The van der Waals surface area contributed by atoms with Crippen molar-refractivity contribution >= 4 is 62.9 Å². The maximum absolute atomic E-state index is 14.5. The average Bonchev–Trinajstić information content (AvgIpc) is 3.63. The number of fused-ring (bicyclic) bond motifs is 1. The lowest BCUT2D eigenvalue weighted by atomic mass is 9.84. The number of imide groups is 1. The van der Waals surface area contributed by atoms with E-state index in [9.17, 15) is 47.1 Å². The number of carbonyl (C=O) groups is 7. The first-order valence-corrected chi connectivity index (χ1v) is 24.1. The first kappa shape index (κ1) is 48.8. The molecule has 0 bridgehead atoms. The van der Waals surface area contributed by atoms with E-state index < -0.39 is 75.5 Å². The van der Waals surface area contributed by atoms with Crippen LogP contribution in [0.5, 0.6) is 5.75 Å². The summed E-state index contributed by atoms with van der Waals surface area (Å²) in [5.74, 6) is -3.50. The van der Waals surface area contributed by atoms with E-state index in [1.54, 1.807) is 58.0 Å². The van der Waals surface area contributed by atoms with Crippen LogP contribution in [0.25, 0.3) is 0 Å². The Balaban J connectivity index is 1.06. The lowest BCUT2D eigenvalue weighted by molar-refractivity contribution is -0.137. The summed E-state index contributed by atoms with van der Waals surface area (Å²) in [6, 6.07) is 21.5. The number of hydrogen-bond donors (Lipinski definition) is 4. The molecule has 0 aromatic heterocycles. The molecule has 1 saturated heterocycles. The summed E-state index contributed by atoms with van der Waals surface area (Å²) in [5, 5.41) is 18.9. The van der Waals surface area contributed by atoms with Gasteiger partial charge in [0.05, 0.1) is 17.0 Å². The molecule has 1 atom stereocenters. The Labute approximate surface area is 395 Å². The standard InChI is InChI=1S/C50H56N6O11S/c1-31-13-20-36(21-14-31)68(65,66)56(49(64)67-50(2,3)4)30-45(60)54(28-32-15-17-34(18-16-32)33-9-6-5-7-10-33)35-19-22-38(42(57)27-35)46(61)51-26-25-44(59)52-40-12-8-11-37-39(40)29-55(48(37)63)41-23-24-43(58)53-47(41)62/h8,11-22,27,33,41,57H,5-7,9-10,23-26,28-30H2,1-4H3,(H,51,61)(H,52,59)(H,53,58,62). The largest absolute Gasteiger partial charge is 0.507 e. The number of ether oxygens (including phenoxy) is 1. The number of phenolic OH excluding ortho intramolecular Hbond substituents is 1. The summed E-state index contributed by atoms with van der Waals surface area (Å²) in [6.07, 6.45) is 4.50. The van der Waals surface area contributed by atoms with E-state index in [1.165, 1.54) is 52.1 Å². The number of aromatic hydroxyl groups is 1. The number of aryl methyl sites for hydroxylation is 1. The Morgan fingerprint density at radius 3 is 2.26 bits per heavy atom. The molecule has 1 unspecified atom stereocenters. The van der Waals surface area contributed by atoms with Gasteiger partial charge in [-0.15, -0.1) is 0 Å². The highest BCUT2D eigenvalue weighted by Crippen LogP contribution is 2.35. The molecule has 4 N–H and O–H groups in total. The van der Waals surface area contributed by atoms with Crippen molar-refractivity contribution in [1.29, 1.82) is 0 Å². The third-order valence-electron chi connectivity index (χ3n) is 12.2. The molecule has 2 heterocycles. The van der Waals surface area contributed by atoms with Crippen LogP contribution in [0, 0.1) is 6.92 Å². The molecule has 1 saturated carbocycles. The first-order chi connectivity index (χ1) is 32.3. The lowest BCUT2D eigenvalue weighted by Crippen LogP contribution is -2.52. The fourth-order valence-corrected chi connectivity index (χ4v) is 9.87. The fourth-order valence-electron chi connectivity index (χ4n) is 8.62. The van der Waals surface area contributed by atoms with E-state index in [0.717, 1.165) is 31.2 Å². The fraction of sp³-hybridized carbons (Fsp3) is 0.380. The topological polar surface area (TPSA) is 229 Å². The van der Waals surface area contributed by atoms with Crippen LogP contribution in [0.15, 0.2) is 89.8 Å². The van der Waals surface area contributed by atoms with Gasteiger partial charge in [-0.25, -0.2) is 13.2 Å². The molecule has 7 amide bonds. The minimum absolute atomic E-state index is 0.0488. The number of nitrogens with zero attached hydrogens (tertiary/aromatic N) is 3. The number of anilines is 2. The van der Waals surface area contributed by atoms with E-state index in [4.69, 9.17) is 4.74 Å². The van der Waals surface area contributed by atoms with Gasteiger partial charge in [-0.05, 0) is 100 Å². The SMILES string of the molecule is Cc1ccc(S(=O)(=O)N(CC(=O)N(Cc2ccc(C3CCCCC3)cc2)c2ccc(C(=O)NCCC(=O)Nc3cccc4c3CN(C3CCC(=O)NC3=O)C4=O)c(O)c2)C(=O)OC(C)(C)C)cc1. The summed E-state index contributed by atoms with van der Waals surface area (Å²) in [7, 11) is -4.62. The highest BCUT2D eigenvalue weighted by molar-refractivity contribution is 7.89. The van der Waals surface area contributed by atoms with Gasteiger partial charge in [0.2, 0.25) is 23.6 Å². The third-order valence-corrected chi connectivity index (χ3v) is 13.9. The average molecular weight is 949 g/mol. The maximum atomic E-state index is 14.5. The number of sulfonamides is 1. The van der Waals surface area contributed by atoms with Crippen LogP contribution in [0.2, 0.25) is 0 Å². The quantitative estimate of drug-likeness (QED) is 0.101. The van der Waals surface area contributed by atoms with Crippen LogP contribution >= 0.6 is 0 Å². The van der Waals surface area contributed by atoms with Crippen molar-refractivity contribution < 1.29 is 51.8 Å². The minimum Gasteiger partial charge on any atom is -0.507 e. The molecule has 4 aromatic carbocycles. The van der Waals surface area contributed by atoms with Crippen LogP contribution in [0.3, 0.4) is 0 Å². The molecule has 2 fully saturated rings. The Morgan fingerprint density at radius 1 is 0.897 bits per heavy atom. The van der Waals surface area contributed by atoms with Crippen molar-refractivity contribution in [1.82, 2.24) is 19.8 Å². The molecule has 0 radical (unpaired) electrons. The minimum atomic E-state index is -4.62. The number of nitrogens with one attached hydrogen (secondary N) is 3. The predicted octanol–water partition coefficient (Wildman–Crippen LogP) is 6.43. The zero-order valence-corrected chi connectivity index (χ0v) is 39.3. The molecule has 358 valence electrons. The Kier molecular flexibility index (Phi) is 14.7. The van der Waals surface area contributed by atoms with E-state index in [2.05, 4.69) is 16.0 Å². The van der Waals surface area contributed by atoms with E-state index in [-0.39, 0.29) is 55.0 Å². The van der Waals surface area contributed by atoms with Crippen molar-refractivity contribution in [2.24, 2.45) is 0 Å². The smallest absolute Gasteiger partial charge is 0.424 e. The van der Waals surface area contributed by atoms with E-state index in [1.807, 2.05) is 24.3 Å². The highest BCUT2D eigenvalue weighted by Gasteiger charge is 2.40. The van der Waals surface area contributed by atoms with Crippen molar-refractivity contribution in [3.05, 3.63) is 118 Å². The summed E-state index contributed by atoms with van der Waals surface area (Å²) in [4.78, 5) is 94.4. The van der Waals surface area contributed by atoms with Gasteiger partial charge in [-0.3, -0.25) is 34.1 Å². The number of benzene rings is 4. The molecule has 4 aromatic rings. The number of hydrogen-bond acceptors (Lipinski definition) is 11. The molecular formula is C50H56N6O11S. The van der Waals surface area contributed by atoms with Crippen molar-refractivity contribution in [2.45, 2.75) is 115 Å². The zero-order valence-electron chi connectivity index (χ0n) is 38.5. The molecule has 1 aliphatic carbocycles. The summed E-state index contributed by atoms with van der Waals surface area (Å²) < 4.78 is 34.0. The second kappa shape index (κ2) is 20.4. The molecule has 68 heavy (non-hydrogen) atoms. The summed E-state index contributed by atoms with van der Waals surface area (Å²) in [5.41, 5.74) is 2.64. The molecule has 3 aliphatic rings. The Morgan fingerprint density at radius 2 is 1.60 bits per heavy atom. The van der Waals surface area contributed by atoms with Crippen molar-refractivity contribution in [3.63, 3.8) is 0 Å². The lowest BCUT2D eigenvalue weighted by Gasteiger charge is -2.29. The van der Waals surface area contributed by atoms with Crippen LogP contribution in [-0.2, 0) is 47.0 Å². The predicted molar refractivity (Wildman–Crippen MR) is 251 cm³/mol. The number of carbonyl (C=O) groups excluding carboxylic acids is 7. The van der Waals surface area contributed by atoms with Gasteiger partial charge in [-0.2, -0.15) is 4.31 Å². The van der Waals surface area contributed by atoms with Gasteiger partial charge in [-0.1, -0.05) is 67.3 Å². The second-order valence-electron chi connectivity index (χ2n) is 18.3. The highest BCUT2D eigenvalue weighted by atomic mass is 32.2. The van der Waals surface area contributed by atoms with Crippen molar-refractivity contribution in [3.8, 4) is 5.75 Å². The first-order valence-electron chi connectivity index (χ1n) is 22.7. The van der Waals surface area contributed by atoms with Crippen LogP contribution < -0.4 is 20.9 Å². The van der Waals surface area contributed by atoms with Gasteiger partial charge in [0.1, 0.15) is 23.9 Å². The molecular weight excluding hydrogens is 893 g/mol. The molecule has 18 heteroatoms. The van der Waals surface area contributed by atoms with Gasteiger partial charge >= 0.3 is 6.09 Å². The normalized spacial score (nSPS) is 16.4. The molecule has 17 nitrogen and oxygen atoms in total. The third kappa shape index (κ3) is 11.4. The molecule has 7 rings (SSSR count). The van der Waals surface area contributed by atoms with Crippen molar-refractivity contribution in [2.75, 3.05) is 23.3 Å².